The van der Waals surface area contributed by atoms with E-state index in [0.29, 0.717) is 11.8 Å². The highest BCUT2D eigenvalue weighted by molar-refractivity contribution is 5.82. The van der Waals surface area contributed by atoms with Crippen molar-refractivity contribution in [3.63, 3.8) is 0 Å². The van der Waals surface area contributed by atoms with E-state index >= 15 is 0 Å². The zero-order valence-corrected chi connectivity index (χ0v) is 15.2. The number of likely N-dealkylation sites (N-methyl/N-ethyl adjacent to an activating group) is 1. The molecule has 0 saturated carbocycles. The largest absolute Gasteiger partial charge is 0.419 e. The van der Waals surface area contributed by atoms with Crippen LogP contribution in [0.3, 0.4) is 0 Å². The van der Waals surface area contributed by atoms with Crippen LogP contribution in [-0.4, -0.2) is 51.6 Å². The summed E-state index contributed by atoms with van der Waals surface area (Å²) >= 11 is 0. The zero-order valence-electron chi connectivity index (χ0n) is 15.2. The molecule has 2 heterocycles. The molecule has 1 amide bonds. The third-order valence-corrected chi connectivity index (χ3v) is 4.97. The normalized spacial score (nSPS) is 19.1. The highest BCUT2D eigenvalue weighted by Crippen LogP contribution is 2.31. The van der Waals surface area contributed by atoms with Gasteiger partial charge in [-0.05, 0) is 52.3 Å². The van der Waals surface area contributed by atoms with E-state index in [1.165, 1.54) is 0 Å². The Kier molecular flexibility index (Phi) is 5.48. The highest BCUT2D eigenvalue weighted by Gasteiger charge is 2.37. The van der Waals surface area contributed by atoms with Crippen molar-refractivity contribution in [3.8, 4) is 11.5 Å². The number of rotatable bonds is 6. The molecule has 0 radical (unpaired) electrons. The van der Waals surface area contributed by atoms with Gasteiger partial charge in [0, 0.05) is 18.7 Å². The number of carbonyl (C=O) groups excluding carboxylic acids is 1. The van der Waals surface area contributed by atoms with E-state index in [2.05, 4.69) is 15.1 Å². The number of amides is 1. The molecule has 6 nitrogen and oxygen atoms in total. The van der Waals surface area contributed by atoms with Gasteiger partial charge in [0.2, 0.25) is 17.7 Å². The molecule has 0 bridgehead atoms. The minimum Gasteiger partial charge on any atom is -0.419 e. The summed E-state index contributed by atoms with van der Waals surface area (Å²) in [6, 6.07) is 9.58. The van der Waals surface area contributed by atoms with E-state index in [4.69, 9.17) is 4.42 Å². The molecular weight excluding hydrogens is 316 g/mol. The summed E-state index contributed by atoms with van der Waals surface area (Å²) in [6.07, 6.45) is 1.90. The van der Waals surface area contributed by atoms with Crippen LogP contribution in [-0.2, 0) is 4.79 Å². The fourth-order valence-electron chi connectivity index (χ4n) is 3.51. The van der Waals surface area contributed by atoms with Crippen LogP contribution in [0.2, 0.25) is 0 Å². The lowest BCUT2D eigenvalue weighted by Gasteiger charge is -2.31. The van der Waals surface area contributed by atoms with E-state index in [-0.39, 0.29) is 18.0 Å². The molecule has 1 aromatic heterocycles. The topological polar surface area (TPSA) is 62.5 Å². The number of likely N-dealkylation sites (tertiary alicyclic amines) is 1. The molecule has 0 N–H and O–H groups in total. The van der Waals surface area contributed by atoms with Gasteiger partial charge in [-0.15, -0.1) is 10.2 Å². The number of nitrogens with zero attached hydrogens (tertiary/aromatic N) is 4. The number of carbonyl (C=O) groups is 1. The molecule has 2 aromatic rings. The quantitative estimate of drug-likeness (QED) is 0.807. The predicted molar refractivity (Wildman–Crippen MR) is 95.8 cm³/mol. The third kappa shape index (κ3) is 3.58. The molecule has 1 aliphatic rings. The van der Waals surface area contributed by atoms with Gasteiger partial charge < -0.3 is 9.32 Å². The summed E-state index contributed by atoms with van der Waals surface area (Å²) in [5.74, 6) is 1.29. The first-order valence-electron chi connectivity index (χ1n) is 9.09. The van der Waals surface area contributed by atoms with Gasteiger partial charge in [-0.1, -0.05) is 18.2 Å². The smallest absolute Gasteiger partial charge is 0.247 e. The average molecular weight is 342 g/mol. The molecule has 6 heteroatoms. The van der Waals surface area contributed by atoms with E-state index in [1.54, 1.807) is 0 Å². The first-order valence-corrected chi connectivity index (χ1v) is 9.09. The van der Waals surface area contributed by atoms with Gasteiger partial charge in [0.25, 0.3) is 0 Å². The maximum Gasteiger partial charge on any atom is 0.247 e. The Hall–Kier alpha value is -2.21. The van der Waals surface area contributed by atoms with E-state index < -0.39 is 0 Å². The van der Waals surface area contributed by atoms with Crippen LogP contribution in [0.25, 0.3) is 11.5 Å². The van der Waals surface area contributed by atoms with Crippen LogP contribution < -0.4 is 0 Å². The summed E-state index contributed by atoms with van der Waals surface area (Å²) in [5.41, 5.74) is 0.908. The second-order valence-corrected chi connectivity index (χ2v) is 6.39. The molecule has 1 saturated heterocycles. The first-order chi connectivity index (χ1) is 12.2. The second kappa shape index (κ2) is 7.78. The van der Waals surface area contributed by atoms with Crippen molar-refractivity contribution in [1.82, 2.24) is 20.0 Å². The molecule has 0 aliphatic carbocycles. The first kappa shape index (κ1) is 17.6. The standard InChI is InChI=1S/C19H26N4O2/c1-4-22(5-2)19(24)16-12-9-13-23(16)14(3)17-20-21-18(25-17)15-10-7-6-8-11-15/h6-8,10-11,14,16H,4-5,9,12-13H2,1-3H3. The number of aromatic nitrogens is 2. The molecule has 134 valence electrons. The molecule has 1 aliphatic heterocycles. The van der Waals surface area contributed by atoms with E-state index in [0.717, 1.165) is 38.0 Å². The fourth-order valence-corrected chi connectivity index (χ4v) is 3.51. The Morgan fingerprint density at radius 1 is 1.28 bits per heavy atom. The Balaban J connectivity index is 1.77. The molecule has 2 unspecified atom stereocenters. The highest BCUT2D eigenvalue weighted by atomic mass is 16.4. The van der Waals surface area contributed by atoms with Crippen molar-refractivity contribution in [2.75, 3.05) is 19.6 Å². The molecule has 3 rings (SSSR count). The van der Waals surface area contributed by atoms with Crippen LogP contribution in [0.15, 0.2) is 34.7 Å². The van der Waals surface area contributed by atoms with Gasteiger partial charge in [-0.2, -0.15) is 0 Å². The van der Waals surface area contributed by atoms with Crippen molar-refractivity contribution < 1.29 is 9.21 Å². The lowest BCUT2D eigenvalue weighted by molar-refractivity contribution is -0.136. The minimum absolute atomic E-state index is 0.0722. The van der Waals surface area contributed by atoms with Gasteiger partial charge in [0.05, 0.1) is 12.1 Å². The van der Waals surface area contributed by atoms with Crippen LogP contribution in [0.1, 0.15) is 45.5 Å². The second-order valence-electron chi connectivity index (χ2n) is 6.39. The summed E-state index contributed by atoms with van der Waals surface area (Å²) < 4.78 is 5.90. The summed E-state index contributed by atoms with van der Waals surface area (Å²) in [6.45, 7) is 8.44. The lowest BCUT2D eigenvalue weighted by Crippen LogP contribution is -2.46. The average Bonchev–Trinajstić information content (AvgIpc) is 3.32. The number of hydrogen-bond donors (Lipinski definition) is 0. The van der Waals surface area contributed by atoms with Gasteiger partial charge in [0.1, 0.15) is 0 Å². The molecule has 25 heavy (non-hydrogen) atoms. The Morgan fingerprint density at radius 2 is 2.00 bits per heavy atom. The van der Waals surface area contributed by atoms with Crippen molar-refractivity contribution in [2.45, 2.75) is 45.7 Å². The van der Waals surface area contributed by atoms with E-state index in [9.17, 15) is 4.79 Å². The fraction of sp³-hybridized carbons (Fsp3) is 0.526. The van der Waals surface area contributed by atoms with Gasteiger partial charge in [0.15, 0.2) is 0 Å². The van der Waals surface area contributed by atoms with Gasteiger partial charge >= 0.3 is 0 Å². The van der Waals surface area contributed by atoms with Gasteiger partial charge in [-0.3, -0.25) is 9.69 Å². The number of benzene rings is 1. The SMILES string of the molecule is CCN(CC)C(=O)C1CCCN1C(C)c1nnc(-c2ccccc2)o1. The van der Waals surface area contributed by atoms with E-state index in [1.807, 2.05) is 56.0 Å². The molecule has 1 aromatic carbocycles. The maximum absolute atomic E-state index is 12.8. The Labute approximate surface area is 148 Å². The van der Waals surface area contributed by atoms with Crippen molar-refractivity contribution >= 4 is 5.91 Å². The van der Waals surface area contributed by atoms with Gasteiger partial charge in [-0.25, -0.2) is 0 Å². The minimum atomic E-state index is -0.0954. The van der Waals surface area contributed by atoms with Crippen LogP contribution in [0.4, 0.5) is 0 Å². The lowest BCUT2D eigenvalue weighted by atomic mass is 10.1. The maximum atomic E-state index is 12.8. The monoisotopic (exact) mass is 342 g/mol. The van der Waals surface area contributed by atoms with Crippen molar-refractivity contribution in [2.24, 2.45) is 0 Å². The third-order valence-electron chi connectivity index (χ3n) is 4.97. The Bertz CT molecular complexity index is 696. The van der Waals surface area contributed by atoms with Crippen molar-refractivity contribution in [3.05, 3.63) is 36.2 Å². The Morgan fingerprint density at radius 3 is 2.68 bits per heavy atom. The molecule has 0 spiro atoms. The predicted octanol–water partition coefficient (Wildman–Crippen LogP) is 3.13. The summed E-state index contributed by atoms with van der Waals surface area (Å²) in [5, 5.41) is 8.41. The number of hydrogen-bond acceptors (Lipinski definition) is 5. The molecule has 2 atom stereocenters. The molecular formula is C19H26N4O2. The van der Waals surface area contributed by atoms with Crippen molar-refractivity contribution in [1.29, 1.82) is 0 Å². The van der Waals surface area contributed by atoms with Crippen LogP contribution in [0.5, 0.6) is 0 Å². The summed E-state index contributed by atoms with van der Waals surface area (Å²) in [7, 11) is 0. The van der Waals surface area contributed by atoms with Crippen LogP contribution >= 0.6 is 0 Å². The van der Waals surface area contributed by atoms with Crippen LogP contribution in [0, 0.1) is 0 Å². The zero-order chi connectivity index (χ0) is 17.8. The summed E-state index contributed by atoms with van der Waals surface area (Å²) in [4.78, 5) is 16.9. The molecule has 1 fully saturated rings.